The lowest BCUT2D eigenvalue weighted by molar-refractivity contribution is 0.379. The molecule has 0 amide bonds. The van der Waals surface area contributed by atoms with Gasteiger partial charge in [-0.25, -0.2) is 4.98 Å². The first-order valence-corrected chi connectivity index (χ1v) is 5.42. The van der Waals surface area contributed by atoms with Crippen molar-refractivity contribution in [3.05, 3.63) is 41.7 Å². The van der Waals surface area contributed by atoms with Gasteiger partial charge in [0.15, 0.2) is 0 Å². The average molecular weight is 229 g/mol. The molecular weight excluding hydrogens is 214 g/mol. The molecule has 0 unspecified atom stereocenters. The lowest BCUT2D eigenvalue weighted by atomic mass is 10.00. The highest BCUT2D eigenvalue weighted by molar-refractivity contribution is 5.68. The molecule has 4 heteroatoms. The van der Waals surface area contributed by atoms with Crippen LogP contribution < -0.4 is 10.5 Å². The summed E-state index contributed by atoms with van der Waals surface area (Å²) < 4.78 is 5.00. The fourth-order valence-electron chi connectivity index (χ4n) is 1.77. The van der Waals surface area contributed by atoms with Gasteiger partial charge in [-0.05, 0) is 18.1 Å². The molecule has 1 heterocycles. The van der Waals surface area contributed by atoms with E-state index in [0.717, 1.165) is 22.4 Å². The number of rotatable bonds is 3. The molecule has 4 nitrogen and oxygen atoms in total. The molecule has 0 saturated heterocycles. The number of methoxy groups -OCH3 is 1. The van der Waals surface area contributed by atoms with Gasteiger partial charge in [0.25, 0.3) is 0 Å². The summed E-state index contributed by atoms with van der Waals surface area (Å²) in [4.78, 5) is 8.40. The maximum Gasteiger partial charge on any atom is 0.316 e. The highest BCUT2D eigenvalue weighted by Gasteiger charge is 2.08. The van der Waals surface area contributed by atoms with Gasteiger partial charge < -0.3 is 10.5 Å². The third-order valence-corrected chi connectivity index (χ3v) is 2.67. The standard InChI is InChI=1S/C13H15N3O/c1-9-12(8-15-13(16-9)17-2)11-6-4-3-5-10(11)7-14/h3-6,8H,7,14H2,1-2H3. The Morgan fingerprint density at radius 2 is 2.00 bits per heavy atom. The number of nitrogens with two attached hydrogens (primary N) is 1. The molecule has 0 aliphatic heterocycles. The summed E-state index contributed by atoms with van der Waals surface area (Å²) in [6.07, 6.45) is 1.77. The van der Waals surface area contributed by atoms with E-state index in [1.165, 1.54) is 0 Å². The Hall–Kier alpha value is -1.94. The van der Waals surface area contributed by atoms with Crippen LogP contribution in [0.5, 0.6) is 6.01 Å². The number of ether oxygens (including phenoxy) is 1. The van der Waals surface area contributed by atoms with E-state index in [4.69, 9.17) is 10.5 Å². The van der Waals surface area contributed by atoms with Crippen molar-refractivity contribution < 1.29 is 4.74 Å². The van der Waals surface area contributed by atoms with Gasteiger partial charge >= 0.3 is 6.01 Å². The molecule has 0 spiro atoms. The summed E-state index contributed by atoms with van der Waals surface area (Å²) in [6, 6.07) is 8.39. The molecule has 2 rings (SSSR count). The van der Waals surface area contributed by atoms with Crippen LogP contribution in [0.2, 0.25) is 0 Å². The van der Waals surface area contributed by atoms with E-state index in [2.05, 4.69) is 9.97 Å². The molecule has 2 N–H and O–H groups in total. The van der Waals surface area contributed by atoms with Crippen molar-refractivity contribution in [2.24, 2.45) is 5.73 Å². The molecule has 88 valence electrons. The second kappa shape index (κ2) is 4.93. The lowest BCUT2D eigenvalue weighted by Crippen LogP contribution is -2.01. The van der Waals surface area contributed by atoms with Crippen molar-refractivity contribution in [1.29, 1.82) is 0 Å². The molecular formula is C13H15N3O. The largest absolute Gasteiger partial charge is 0.467 e. The maximum absolute atomic E-state index is 5.73. The van der Waals surface area contributed by atoms with Gasteiger partial charge in [-0.3, -0.25) is 0 Å². The Bertz CT molecular complexity index is 526. The second-order valence-corrected chi connectivity index (χ2v) is 3.72. The molecule has 0 saturated carbocycles. The number of hydrogen-bond donors (Lipinski definition) is 1. The molecule has 1 aromatic heterocycles. The van der Waals surface area contributed by atoms with Crippen LogP contribution in [0.4, 0.5) is 0 Å². The van der Waals surface area contributed by atoms with Crippen molar-refractivity contribution in [2.75, 3.05) is 7.11 Å². The van der Waals surface area contributed by atoms with Crippen molar-refractivity contribution >= 4 is 0 Å². The van der Waals surface area contributed by atoms with Gasteiger partial charge in [0, 0.05) is 18.3 Å². The molecule has 0 radical (unpaired) electrons. The van der Waals surface area contributed by atoms with E-state index in [-0.39, 0.29) is 0 Å². The maximum atomic E-state index is 5.73. The minimum Gasteiger partial charge on any atom is -0.467 e. The summed E-state index contributed by atoms with van der Waals surface area (Å²) in [5.41, 5.74) is 9.77. The Labute approximate surface area is 100 Å². The zero-order valence-electron chi connectivity index (χ0n) is 9.97. The van der Waals surface area contributed by atoms with Gasteiger partial charge in [-0.1, -0.05) is 24.3 Å². The van der Waals surface area contributed by atoms with E-state index < -0.39 is 0 Å². The summed E-state index contributed by atoms with van der Waals surface area (Å²) in [5, 5.41) is 0. The van der Waals surface area contributed by atoms with Crippen LogP contribution in [0, 0.1) is 6.92 Å². The van der Waals surface area contributed by atoms with Crippen LogP contribution in [0.25, 0.3) is 11.1 Å². The highest BCUT2D eigenvalue weighted by atomic mass is 16.5. The minimum atomic E-state index is 0.386. The van der Waals surface area contributed by atoms with Crippen molar-refractivity contribution in [1.82, 2.24) is 9.97 Å². The van der Waals surface area contributed by atoms with Gasteiger partial charge in [0.1, 0.15) is 0 Å². The smallest absolute Gasteiger partial charge is 0.316 e. The number of aryl methyl sites for hydroxylation is 1. The average Bonchev–Trinajstić information content (AvgIpc) is 2.38. The first kappa shape index (κ1) is 11.5. The van der Waals surface area contributed by atoms with Gasteiger partial charge in [0.05, 0.1) is 12.8 Å². The van der Waals surface area contributed by atoms with Crippen LogP contribution in [-0.4, -0.2) is 17.1 Å². The summed E-state index contributed by atoms with van der Waals surface area (Å²) in [6.45, 7) is 2.44. The molecule has 0 bridgehead atoms. The molecule has 0 fully saturated rings. The van der Waals surface area contributed by atoms with Gasteiger partial charge in [-0.15, -0.1) is 0 Å². The van der Waals surface area contributed by atoms with Crippen LogP contribution in [0.15, 0.2) is 30.5 Å². The van der Waals surface area contributed by atoms with Crippen molar-refractivity contribution in [3.63, 3.8) is 0 Å². The Balaban J connectivity index is 2.53. The van der Waals surface area contributed by atoms with Crippen molar-refractivity contribution in [3.8, 4) is 17.1 Å². The fraction of sp³-hybridized carbons (Fsp3) is 0.231. The number of nitrogens with zero attached hydrogens (tertiary/aromatic N) is 2. The Kier molecular flexibility index (Phi) is 3.35. The minimum absolute atomic E-state index is 0.386. The van der Waals surface area contributed by atoms with Crippen molar-refractivity contribution in [2.45, 2.75) is 13.5 Å². The van der Waals surface area contributed by atoms with E-state index in [9.17, 15) is 0 Å². The van der Waals surface area contributed by atoms with Crippen LogP contribution in [0.1, 0.15) is 11.3 Å². The van der Waals surface area contributed by atoms with E-state index in [1.54, 1.807) is 13.3 Å². The van der Waals surface area contributed by atoms with E-state index in [0.29, 0.717) is 12.6 Å². The lowest BCUT2D eigenvalue weighted by Gasteiger charge is -2.10. The Morgan fingerprint density at radius 3 is 2.65 bits per heavy atom. The second-order valence-electron chi connectivity index (χ2n) is 3.72. The number of benzene rings is 1. The van der Waals surface area contributed by atoms with Gasteiger partial charge in [0.2, 0.25) is 0 Å². The normalized spacial score (nSPS) is 10.3. The van der Waals surface area contributed by atoms with Crippen LogP contribution in [0.3, 0.4) is 0 Å². The van der Waals surface area contributed by atoms with Crippen LogP contribution in [-0.2, 0) is 6.54 Å². The molecule has 1 aromatic carbocycles. The SMILES string of the molecule is COc1ncc(-c2ccccc2CN)c(C)n1. The Morgan fingerprint density at radius 1 is 1.24 bits per heavy atom. The fourth-order valence-corrected chi connectivity index (χ4v) is 1.77. The van der Waals surface area contributed by atoms with E-state index in [1.807, 2.05) is 31.2 Å². The first-order valence-electron chi connectivity index (χ1n) is 5.42. The highest BCUT2D eigenvalue weighted by Crippen LogP contribution is 2.25. The van der Waals surface area contributed by atoms with E-state index >= 15 is 0 Å². The third kappa shape index (κ3) is 2.26. The molecule has 2 aromatic rings. The summed E-state index contributed by atoms with van der Waals surface area (Å²) >= 11 is 0. The predicted molar refractivity (Wildman–Crippen MR) is 66.6 cm³/mol. The number of hydrogen-bond acceptors (Lipinski definition) is 4. The summed E-state index contributed by atoms with van der Waals surface area (Å²) in [5.74, 6) is 0. The molecule has 0 aliphatic carbocycles. The quantitative estimate of drug-likeness (QED) is 0.873. The topological polar surface area (TPSA) is 61.0 Å². The zero-order chi connectivity index (χ0) is 12.3. The first-order chi connectivity index (χ1) is 8.26. The molecule has 0 aliphatic rings. The third-order valence-electron chi connectivity index (χ3n) is 2.67. The molecule has 0 atom stereocenters. The molecule has 17 heavy (non-hydrogen) atoms. The van der Waals surface area contributed by atoms with Crippen LogP contribution >= 0.6 is 0 Å². The summed E-state index contributed by atoms with van der Waals surface area (Å²) in [7, 11) is 1.56. The predicted octanol–water partition coefficient (Wildman–Crippen LogP) is 1.92. The monoisotopic (exact) mass is 229 g/mol. The number of aromatic nitrogens is 2. The zero-order valence-corrected chi connectivity index (χ0v) is 9.97. The van der Waals surface area contributed by atoms with Gasteiger partial charge in [-0.2, -0.15) is 4.98 Å².